The summed E-state index contributed by atoms with van der Waals surface area (Å²) in [6.45, 7) is 8.51. The number of hydrogen-bond donors (Lipinski definition) is 3. The summed E-state index contributed by atoms with van der Waals surface area (Å²) in [5, 5.41) is 19.0. The molecule has 23 heavy (non-hydrogen) atoms. The molecule has 0 aliphatic carbocycles. The monoisotopic (exact) mass is 328 g/mol. The van der Waals surface area contributed by atoms with Crippen LogP contribution in [0.2, 0.25) is 0 Å². The topological polar surface area (TPSA) is 124 Å². The van der Waals surface area contributed by atoms with Crippen LogP contribution in [-0.2, 0) is 14.3 Å². The lowest BCUT2D eigenvalue weighted by Gasteiger charge is -2.30. The zero-order chi connectivity index (χ0) is 18.0. The Kier molecular flexibility index (Phi) is 5.31. The lowest BCUT2D eigenvalue weighted by atomic mass is 9.89. The van der Waals surface area contributed by atoms with Gasteiger partial charge in [-0.15, -0.1) is 4.73 Å². The third-order valence-electron chi connectivity index (χ3n) is 2.83. The van der Waals surface area contributed by atoms with Crippen molar-refractivity contribution in [3.63, 3.8) is 0 Å². The lowest BCUT2D eigenvalue weighted by Crippen LogP contribution is -2.60. The molecule has 0 unspecified atom stereocenters. The molecule has 1 aromatic rings. The molecule has 0 saturated heterocycles. The number of hydrogen-bond acceptors (Lipinski definition) is 7. The Labute approximate surface area is 134 Å². The minimum Gasteiger partial charge on any atom is -0.492 e. The van der Waals surface area contributed by atoms with Crippen molar-refractivity contribution in [3.8, 4) is 11.8 Å². The van der Waals surface area contributed by atoms with Gasteiger partial charge in [0.05, 0.1) is 0 Å². The summed E-state index contributed by atoms with van der Waals surface area (Å²) < 4.78 is 5.69. The predicted octanol–water partition coefficient (Wildman–Crippen LogP) is 0.940. The standard InChI is InChI=1S/C15H24N2O6/c1-9(2)8-15(16,12(20)22-14(3,4)5)13(21)23-17-10(18)6-7-11(17)19/h6-7,9,18-19H,8,16H2,1-5H3/t15-/m1/s1. The van der Waals surface area contributed by atoms with Crippen LogP contribution in [0, 0.1) is 5.92 Å². The second-order valence-corrected chi connectivity index (χ2v) is 6.79. The highest BCUT2D eigenvalue weighted by Crippen LogP contribution is 2.23. The molecule has 0 fully saturated rings. The van der Waals surface area contributed by atoms with Crippen LogP contribution in [0.5, 0.6) is 11.8 Å². The predicted molar refractivity (Wildman–Crippen MR) is 81.6 cm³/mol. The normalized spacial score (nSPS) is 14.4. The number of ether oxygens (including phenoxy) is 1. The number of carbonyl (C=O) groups is 2. The summed E-state index contributed by atoms with van der Waals surface area (Å²) in [7, 11) is 0. The van der Waals surface area contributed by atoms with Gasteiger partial charge in [0.15, 0.2) is 0 Å². The fourth-order valence-electron chi connectivity index (χ4n) is 1.92. The van der Waals surface area contributed by atoms with Crippen molar-refractivity contribution in [1.82, 2.24) is 4.73 Å². The molecule has 0 spiro atoms. The molecular formula is C15H24N2O6. The molecule has 4 N–H and O–H groups in total. The van der Waals surface area contributed by atoms with Gasteiger partial charge in [-0.05, 0) is 33.1 Å². The van der Waals surface area contributed by atoms with Crippen LogP contribution >= 0.6 is 0 Å². The van der Waals surface area contributed by atoms with Crippen LogP contribution in [0.1, 0.15) is 41.0 Å². The Balaban J connectivity index is 3.09. The lowest BCUT2D eigenvalue weighted by molar-refractivity contribution is -0.173. The maximum atomic E-state index is 12.4. The van der Waals surface area contributed by atoms with Crippen LogP contribution in [0.4, 0.5) is 0 Å². The largest absolute Gasteiger partial charge is 0.492 e. The van der Waals surface area contributed by atoms with Crippen LogP contribution in [0.3, 0.4) is 0 Å². The van der Waals surface area contributed by atoms with E-state index >= 15 is 0 Å². The van der Waals surface area contributed by atoms with Crippen LogP contribution in [0.25, 0.3) is 0 Å². The molecule has 0 aromatic carbocycles. The average molecular weight is 328 g/mol. The first-order valence-electron chi connectivity index (χ1n) is 7.21. The maximum Gasteiger partial charge on any atom is 0.364 e. The Morgan fingerprint density at radius 2 is 1.65 bits per heavy atom. The molecule has 130 valence electrons. The van der Waals surface area contributed by atoms with E-state index in [0.717, 1.165) is 12.1 Å². The molecule has 1 heterocycles. The van der Waals surface area contributed by atoms with E-state index in [0.29, 0.717) is 4.73 Å². The zero-order valence-electron chi connectivity index (χ0n) is 14.0. The first-order chi connectivity index (χ1) is 10.4. The molecule has 0 saturated carbocycles. The molecular weight excluding hydrogens is 304 g/mol. The smallest absolute Gasteiger partial charge is 0.364 e. The van der Waals surface area contributed by atoms with Gasteiger partial charge >= 0.3 is 11.9 Å². The summed E-state index contributed by atoms with van der Waals surface area (Å²) in [6, 6.07) is 2.24. The number of nitrogens with two attached hydrogens (primary N) is 1. The molecule has 1 aromatic heterocycles. The molecule has 0 amide bonds. The van der Waals surface area contributed by atoms with Crippen molar-refractivity contribution in [2.75, 3.05) is 0 Å². The SMILES string of the molecule is CC(C)C[C@](N)(C(=O)On1c(O)ccc1O)C(=O)OC(C)(C)C. The Morgan fingerprint density at radius 3 is 2.04 bits per heavy atom. The highest BCUT2D eigenvalue weighted by atomic mass is 16.7. The summed E-state index contributed by atoms with van der Waals surface area (Å²) in [4.78, 5) is 29.7. The van der Waals surface area contributed by atoms with Crippen LogP contribution < -0.4 is 10.6 Å². The van der Waals surface area contributed by atoms with Crippen molar-refractivity contribution < 1.29 is 29.4 Å². The second-order valence-electron chi connectivity index (χ2n) is 6.79. The maximum absolute atomic E-state index is 12.4. The van der Waals surface area contributed by atoms with E-state index in [1.165, 1.54) is 0 Å². The van der Waals surface area contributed by atoms with Gasteiger partial charge in [0.2, 0.25) is 17.3 Å². The van der Waals surface area contributed by atoms with Gasteiger partial charge in [-0.25, -0.2) is 9.59 Å². The van der Waals surface area contributed by atoms with Gasteiger partial charge in [-0.3, -0.25) is 0 Å². The zero-order valence-corrected chi connectivity index (χ0v) is 14.0. The van der Waals surface area contributed by atoms with Crippen LogP contribution in [-0.4, -0.2) is 38.0 Å². The molecule has 8 heteroatoms. The first-order valence-corrected chi connectivity index (χ1v) is 7.21. The number of esters is 1. The number of rotatable bonds is 5. The fourth-order valence-corrected chi connectivity index (χ4v) is 1.92. The van der Waals surface area contributed by atoms with E-state index in [4.69, 9.17) is 15.3 Å². The fraction of sp³-hybridized carbons (Fsp3) is 0.600. The molecule has 0 aliphatic heterocycles. The van der Waals surface area contributed by atoms with E-state index in [2.05, 4.69) is 0 Å². The number of nitrogens with zero attached hydrogens (tertiary/aromatic N) is 1. The minimum atomic E-state index is -2.06. The summed E-state index contributed by atoms with van der Waals surface area (Å²) in [5.41, 5.74) is 3.08. The number of aromatic hydroxyl groups is 2. The van der Waals surface area contributed by atoms with E-state index in [1.54, 1.807) is 34.6 Å². The molecule has 1 atom stereocenters. The summed E-state index contributed by atoms with van der Waals surface area (Å²) in [5.74, 6) is -3.19. The highest BCUT2D eigenvalue weighted by molar-refractivity contribution is 6.05. The summed E-state index contributed by atoms with van der Waals surface area (Å²) in [6.07, 6.45) is -0.0243. The first kappa shape index (κ1) is 18.8. The van der Waals surface area contributed by atoms with Crippen molar-refractivity contribution in [1.29, 1.82) is 0 Å². The average Bonchev–Trinajstić information content (AvgIpc) is 2.67. The molecule has 0 bridgehead atoms. The van der Waals surface area contributed by atoms with Crippen molar-refractivity contribution in [2.24, 2.45) is 11.7 Å². The van der Waals surface area contributed by atoms with E-state index in [-0.39, 0.29) is 12.3 Å². The Hall–Kier alpha value is -2.22. The molecule has 1 rings (SSSR count). The third-order valence-corrected chi connectivity index (χ3v) is 2.83. The Morgan fingerprint density at radius 1 is 1.17 bits per heavy atom. The quantitative estimate of drug-likeness (QED) is 0.542. The van der Waals surface area contributed by atoms with E-state index in [9.17, 15) is 19.8 Å². The van der Waals surface area contributed by atoms with Gasteiger partial charge in [0, 0.05) is 12.1 Å². The van der Waals surface area contributed by atoms with Gasteiger partial charge in [-0.1, -0.05) is 13.8 Å². The van der Waals surface area contributed by atoms with Crippen molar-refractivity contribution in [3.05, 3.63) is 12.1 Å². The number of carbonyl (C=O) groups excluding carboxylic acids is 2. The number of aromatic nitrogens is 1. The highest BCUT2D eigenvalue weighted by Gasteiger charge is 2.48. The van der Waals surface area contributed by atoms with Crippen molar-refractivity contribution in [2.45, 2.75) is 52.2 Å². The molecule has 0 radical (unpaired) electrons. The van der Waals surface area contributed by atoms with Gasteiger partial charge in [0.25, 0.3) is 0 Å². The minimum absolute atomic E-state index is 0.0243. The third kappa shape index (κ3) is 4.62. The van der Waals surface area contributed by atoms with Crippen molar-refractivity contribution >= 4 is 11.9 Å². The van der Waals surface area contributed by atoms with Gasteiger partial charge < -0.3 is 25.5 Å². The van der Waals surface area contributed by atoms with Gasteiger partial charge in [0.1, 0.15) is 5.60 Å². The summed E-state index contributed by atoms with van der Waals surface area (Å²) >= 11 is 0. The van der Waals surface area contributed by atoms with Gasteiger partial charge in [-0.2, -0.15) is 0 Å². The van der Waals surface area contributed by atoms with Crippen LogP contribution in [0.15, 0.2) is 12.1 Å². The molecule has 8 nitrogen and oxygen atoms in total. The van der Waals surface area contributed by atoms with E-state index < -0.39 is 34.8 Å². The second kappa shape index (κ2) is 6.49. The van der Waals surface area contributed by atoms with E-state index in [1.807, 2.05) is 0 Å². The molecule has 0 aliphatic rings. The Bertz CT molecular complexity index is 568.